The van der Waals surface area contributed by atoms with Crippen LogP contribution in [0.5, 0.6) is 5.75 Å². The van der Waals surface area contributed by atoms with Crippen LogP contribution < -0.4 is 10.2 Å². The molecule has 1 aromatic rings. The summed E-state index contributed by atoms with van der Waals surface area (Å²) in [7, 11) is 1.62. The average Bonchev–Trinajstić information content (AvgIpc) is 2.48. The van der Waals surface area contributed by atoms with Crippen LogP contribution in [0, 0.1) is 0 Å². The Hall–Kier alpha value is -1.88. The van der Waals surface area contributed by atoms with Gasteiger partial charge < -0.3 is 4.74 Å². The Balaban J connectivity index is 1.78. The summed E-state index contributed by atoms with van der Waals surface area (Å²) in [4.78, 5) is 13.9. The number of hydrogen-bond donors (Lipinski definition) is 1. The fourth-order valence-electron chi connectivity index (χ4n) is 2.26. The lowest BCUT2D eigenvalue weighted by atomic mass is 10.1. The number of hydrazone groups is 1. The van der Waals surface area contributed by atoms with Crippen LogP contribution in [0.15, 0.2) is 29.4 Å². The van der Waals surface area contributed by atoms with Gasteiger partial charge in [-0.1, -0.05) is 18.6 Å². The monoisotopic (exact) mass is 275 g/mol. The summed E-state index contributed by atoms with van der Waals surface area (Å²) in [6.07, 6.45) is 5.25. The number of ether oxygens (including phenoxy) is 1. The van der Waals surface area contributed by atoms with E-state index in [2.05, 4.69) is 15.4 Å². The van der Waals surface area contributed by atoms with Crippen LogP contribution in [0.4, 0.5) is 0 Å². The second-order valence-electron chi connectivity index (χ2n) is 4.91. The summed E-state index contributed by atoms with van der Waals surface area (Å²) in [6, 6.07) is 7.52. The number of carbonyl (C=O) groups excluding carboxylic acids is 1. The predicted octanol–water partition coefficient (Wildman–Crippen LogP) is 1.63. The highest BCUT2D eigenvalue weighted by Crippen LogP contribution is 2.10. The first kappa shape index (κ1) is 14.5. The lowest BCUT2D eigenvalue weighted by molar-refractivity contribution is -0.122. The Morgan fingerprint density at radius 3 is 2.95 bits per heavy atom. The Bertz CT molecular complexity index is 468. The number of carbonyl (C=O) groups is 1. The van der Waals surface area contributed by atoms with E-state index in [1.807, 2.05) is 24.3 Å². The minimum Gasteiger partial charge on any atom is -0.497 e. The van der Waals surface area contributed by atoms with Crippen molar-refractivity contribution in [2.24, 2.45) is 5.10 Å². The summed E-state index contributed by atoms with van der Waals surface area (Å²) in [5, 5.41) is 3.98. The van der Waals surface area contributed by atoms with Gasteiger partial charge in [-0.3, -0.25) is 9.69 Å². The second kappa shape index (κ2) is 7.65. The third-order valence-electron chi connectivity index (χ3n) is 3.31. The third-order valence-corrected chi connectivity index (χ3v) is 3.31. The van der Waals surface area contributed by atoms with Crippen molar-refractivity contribution in [3.8, 4) is 5.75 Å². The summed E-state index contributed by atoms with van der Waals surface area (Å²) in [5.74, 6) is 0.708. The van der Waals surface area contributed by atoms with E-state index in [4.69, 9.17) is 4.74 Å². The number of amides is 1. The fourth-order valence-corrected chi connectivity index (χ4v) is 2.26. The summed E-state index contributed by atoms with van der Waals surface area (Å²) >= 11 is 0. The quantitative estimate of drug-likeness (QED) is 0.656. The molecule has 0 unspecified atom stereocenters. The molecular formula is C15H21N3O2. The average molecular weight is 275 g/mol. The first-order valence-electron chi connectivity index (χ1n) is 6.96. The van der Waals surface area contributed by atoms with Gasteiger partial charge in [0.15, 0.2) is 0 Å². The maximum Gasteiger partial charge on any atom is 0.254 e. The molecule has 0 atom stereocenters. The molecule has 5 heteroatoms. The van der Waals surface area contributed by atoms with Crippen LogP contribution in [-0.4, -0.2) is 43.8 Å². The van der Waals surface area contributed by atoms with Crippen molar-refractivity contribution < 1.29 is 9.53 Å². The van der Waals surface area contributed by atoms with Gasteiger partial charge >= 0.3 is 0 Å². The molecule has 0 saturated carbocycles. The van der Waals surface area contributed by atoms with Gasteiger partial charge in [-0.25, -0.2) is 5.43 Å². The molecule has 1 aromatic carbocycles. The number of methoxy groups -OCH3 is 1. The van der Waals surface area contributed by atoms with E-state index in [-0.39, 0.29) is 5.91 Å². The molecule has 0 aromatic heterocycles. The number of rotatable bonds is 5. The van der Waals surface area contributed by atoms with Crippen molar-refractivity contribution in [2.75, 3.05) is 26.7 Å². The molecule has 1 N–H and O–H groups in total. The molecule has 1 aliphatic heterocycles. The van der Waals surface area contributed by atoms with Crippen molar-refractivity contribution in [3.63, 3.8) is 0 Å². The summed E-state index contributed by atoms with van der Waals surface area (Å²) in [6.45, 7) is 2.44. The zero-order valence-corrected chi connectivity index (χ0v) is 11.8. The van der Waals surface area contributed by atoms with E-state index in [0.717, 1.165) is 24.4 Å². The largest absolute Gasteiger partial charge is 0.497 e. The Labute approximate surface area is 119 Å². The van der Waals surface area contributed by atoms with Crippen molar-refractivity contribution in [1.82, 2.24) is 10.3 Å². The Morgan fingerprint density at radius 1 is 1.40 bits per heavy atom. The van der Waals surface area contributed by atoms with Crippen LogP contribution in [0.3, 0.4) is 0 Å². The van der Waals surface area contributed by atoms with E-state index in [1.54, 1.807) is 13.3 Å². The third kappa shape index (κ3) is 4.66. The highest BCUT2D eigenvalue weighted by atomic mass is 16.5. The van der Waals surface area contributed by atoms with Gasteiger partial charge in [0.2, 0.25) is 0 Å². The standard InChI is InChI=1S/C15H21N3O2/c1-20-14-7-5-6-13(10-14)11-16-17-15(19)12-18-8-3-2-4-9-18/h5-7,10-11H,2-4,8-9,12H2,1H3,(H,17,19)/b16-11-. The number of piperidine rings is 1. The number of hydrogen-bond acceptors (Lipinski definition) is 4. The van der Waals surface area contributed by atoms with Gasteiger partial charge in [-0.2, -0.15) is 5.10 Å². The van der Waals surface area contributed by atoms with Crippen LogP contribution in [0.25, 0.3) is 0 Å². The topological polar surface area (TPSA) is 53.9 Å². The number of likely N-dealkylation sites (tertiary alicyclic amines) is 1. The van der Waals surface area contributed by atoms with Gasteiger partial charge in [-0.15, -0.1) is 0 Å². The zero-order valence-electron chi connectivity index (χ0n) is 11.8. The van der Waals surface area contributed by atoms with E-state index in [0.29, 0.717) is 6.54 Å². The van der Waals surface area contributed by atoms with Crippen LogP contribution in [-0.2, 0) is 4.79 Å². The van der Waals surface area contributed by atoms with E-state index < -0.39 is 0 Å². The number of nitrogens with one attached hydrogen (secondary N) is 1. The highest BCUT2D eigenvalue weighted by Gasteiger charge is 2.12. The second-order valence-corrected chi connectivity index (χ2v) is 4.91. The zero-order chi connectivity index (χ0) is 14.2. The molecule has 20 heavy (non-hydrogen) atoms. The smallest absolute Gasteiger partial charge is 0.254 e. The first-order chi connectivity index (χ1) is 9.78. The van der Waals surface area contributed by atoms with Crippen molar-refractivity contribution in [3.05, 3.63) is 29.8 Å². The van der Waals surface area contributed by atoms with Gasteiger partial charge in [-0.05, 0) is 43.6 Å². The molecule has 2 rings (SSSR count). The highest BCUT2D eigenvalue weighted by molar-refractivity contribution is 5.83. The SMILES string of the molecule is COc1cccc(/C=N\NC(=O)CN2CCCCC2)c1. The fraction of sp³-hybridized carbons (Fsp3) is 0.467. The van der Waals surface area contributed by atoms with Gasteiger partial charge in [0, 0.05) is 0 Å². The minimum atomic E-state index is -0.0638. The normalized spacial score (nSPS) is 16.2. The molecule has 1 saturated heterocycles. The summed E-state index contributed by atoms with van der Waals surface area (Å²) < 4.78 is 5.13. The molecule has 0 spiro atoms. The van der Waals surface area contributed by atoms with E-state index >= 15 is 0 Å². The molecule has 0 bridgehead atoms. The van der Waals surface area contributed by atoms with Crippen molar-refractivity contribution >= 4 is 12.1 Å². The molecule has 108 valence electrons. The molecule has 0 aliphatic carbocycles. The van der Waals surface area contributed by atoms with Crippen molar-refractivity contribution in [1.29, 1.82) is 0 Å². The van der Waals surface area contributed by atoms with Gasteiger partial charge in [0.1, 0.15) is 5.75 Å². The van der Waals surface area contributed by atoms with Crippen LogP contribution in [0.2, 0.25) is 0 Å². The summed E-state index contributed by atoms with van der Waals surface area (Å²) in [5.41, 5.74) is 3.46. The Morgan fingerprint density at radius 2 is 2.20 bits per heavy atom. The molecule has 1 fully saturated rings. The van der Waals surface area contributed by atoms with Crippen LogP contribution in [0.1, 0.15) is 24.8 Å². The van der Waals surface area contributed by atoms with Gasteiger partial charge in [0.05, 0.1) is 19.9 Å². The number of nitrogens with zero attached hydrogens (tertiary/aromatic N) is 2. The molecule has 0 radical (unpaired) electrons. The minimum absolute atomic E-state index is 0.0638. The van der Waals surface area contributed by atoms with E-state index in [1.165, 1.54) is 19.3 Å². The lowest BCUT2D eigenvalue weighted by Crippen LogP contribution is -2.38. The molecular weight excluding hydrogens is 254 g/mol. The maximum atomic E-state index is 11.7. The predicted molar refractivity (Wildman–Crippen MR) is 79.0 cm³/mol. The lowest BCUT2D eigenvalue weighted by Gasteiger charge is -2.25. The van der Waals surface area contributed by atoms with Crippen molar-refractivity contribution in [2.45, 2.75) is 19.3 Å². The first-order valence-corrected chi connectivity index (χ1v) is 6.96. The maximum absolute atomic E-state index is 11.7. The molecule has 1 amide bonds. The molecule has 1 heterocycles. The molecule has 5 nitrogen and oxygen atoms in total. The van der Waals surface area contributed by atoms with E-state index in [9.17, 15) is 4.79 Å². The number of benzene rings is 1. The Kier molecular flexibility index (Phi) is 5.55. The molecule has 1 aliphatic rings. The van der Waals surface area contributed by atoms with Gasteiger partial charge in [0.25, 0.3) is 5.91 Å². The van der Waals surface area contributed by atoms with Crippen LogP contribution >= 0.6 is 0 Å².